The number of nitrogens with zero attached hydrogens (tertiary/aromatic N) is 4. The SMILES string of the molecule is COc1cc(N=Nc2cccc(S(=O)(=O)[O-])c2)ccc1N=Nc1ccc([O-])cc1.[Na+].[Na+]. The zero-order valence-corrected chi connectivity index (χ0v) is 21.9. The molecule has 148 valence electrons. The molecule has 0 bridgehead atoms. The molecule has 31 heavy (non-hydrogen) atoms. The monoisotopic (exact) mass is 456 g/mol. The molecule has 0 unspecified atom stereocenters. The first-order valence-corrected chi connectivity index (χ1v) is 9.60. The summed E-state index contributed by atoms with van der Waals surface area (Å²) in [5.41, 5.74) is 1.60. The summed E-state index contributed by atoms with van der Waals surface area (Å²) < 4.78 is 38.5. The molecule has 0 heterocycles. The van der Waals surface area contributed by atoms with E-state index in [1.807, 2.05) is 0 Å². The normalized spacial score (nSPS) is 11.2. The van der Waals surface area contributed by atoms with E-state index in [0.29, 0.717) is 22.8 Å². The van der Waals surface area contributed by atoms with Crippen molar-refractivity contribution in [3.63, 3.8) is 0 Å². The van der Waals surface area contributed by atoms with Gasteiger partial charge in [-0.3, -0.25) is 0 Å². The van der Waals surface area contributed by atoms with Crippen LogP contribution in [0.2, 0.25) is 0 Å². The van der Waals surface area contributed by atoms with Crippen LogP contribution in [-0.4, -0.2) is 20.1 Å². The molecular formula is C19H14N4Na2O5S. The van der Waals surface area contributed by atoms with Crippen molar-refractivity contribution in [1.82, 2.24) is 0 Å². The minimum atomic E-state index is -4.57. The predicted octanol–water partition coefficient (Wildman–Crippen LogP) is -1.49. The molecule has 3 aromatic rings. The predicted molar refractivity (Wildman–Crippen MR) is 102 cm³/mol. The number of ether oxygens (including phenoxy) is 1. The van der Waals surface area contributed by atoms with Gasteiger partial charge in [-0.1, -0.05) is 18.2 Å². The summed E-state index contributed by atoms with van der Waals surface area (Å²) in [5.74, 6) is 0.274. The topological polar surface area (TPSA) is 139 Å². The van der Waals surface area contributed by atoms with Crippen LogP contribution in [0.1, 0.15) is 0 Å². The molecule has 0 amide bonds. The summed E-state index contributed by atoms with van der Waals surface area (Å²) in [4.78, 5) is -0.382. The third-order valence-electron chi connectivity index (χ3n) is 3.66. The largest absolute Gasteiger partial charge is 1.00 e. The zero-order valence-electron chi connectivity index (χ0n) is 17.1. The Morgan fingerprint density at radius 1 is 0.774 bits per heavy atom. The van der Waals surface area contributed by atoms with E-state index < -0.39 is 10.1 Å². The molecule has 0 aliphatic rings. The fourth-order valence-corrected chi connectivity index (χ4v) is 2.76. The van der Waals surface area contributed by atoms with Crippen molar-refractivity contribution < 1.29 is 81.9 Å². The molecule has 0 N–H and O–H groups in total. The summed E-state index contributed by atoms with van der Waals surface area (Å²) in [5, 5.41) is 27.2. The van der Waals surface area contributed by atoms with Crippen molar-refractivity contribution in [2.24, 2.45) is 20.5 Å². The van der Waals surface area contributed by atoms with Crippen LogP contribution >= 0.6 is 0 Å². The van der Waals surface area contributed by atoms with Crippen molar-refractivity contribution in [2.75, 3.05) is 7.11 Å². The minimum absolute atomic E-state index is 0. The minimum Gasteiger partial charge on any atom is -0.872 e. The molecule has 0 atom stereocenters. The van der Waals surface area contributed by atoms with E-state index in [2.05, 4.69) is 20.5 Å². The Bertz CT molecular complexity index is 1190. The van der Waals surface area contributed by atoms with Crippen LogP contribution in [0.15, 0.2) is 92.1 Å². The van der Waals surface area contributed by atoms with Crippen LogP contribution in [0.4, 0.5) is 22.7 Å². The Balaban J connectivity index is 0.00000240. The Labute approximate surface area is 223 Å². The van der Waals surface area contributed by atoms with Gasteiger partial charge >= 0.3 is 59.1 Å². The van der Waals surface area contributed by atoms with Gasteiger partial charge in [0.15, 0.2) is 0 Å². The van der Waals surface area contributed by atoms with Crippen molar-refractivity contribution in [1.29, 1.82) is 0 Å². The van der Waals surface area contributed by atoms with Gasteiger partial charge in [-0.15, -0.1) is 10.9 Å². The van der Waals surface area contributed by atoms with E-state index >= 15 is 0 Å². The molecule has 3 rings (SSSR count). The summed E-state index contributed by atoms with van der Waals surface area (Å²) in [6.45, 7) is 0. The molecule has 0 saturated heterocycles. The molecule has 0 radical (unpaired) electrons. The number of benzene rings is 3. The standard InChI is InChI=1S/C19H16N4O5S.2Na/c1-28-19-12-15(22-21-14-3-2-4-17(11-14)29(25,26)27)7-10-18(19)23-20-13-5-8-16(24)9-6-13;;/h2-12,24H,1H3,(H,25,26,27);;/q;2*+1/p-2. The van der Waals surface area contributed by atoms with Crippen LogP contribution in [-0.2, 0) is 10.1 Å². The molecule has 0 saturated carbocycles. The second-order valence-corrected chi connectivity index (χ2v) is 7.08. The van der Waals surface area contributed by atoms with Gasteiger partial charge in [0.25, 0.3) is 0 Å². The average Bonchev–Trinajstić information content (AvgIpc) is 2.71. The van der Waals surface area contributed by atoms with Gasteiger partial charge < -0.3 is 14.4 Å². The van der Waals surface area contributed by atoms with Crippen LogP contribution in [0.25, 0.3) is 0 Å². The van der Waals surface area contributed by atoms with Crippen molar-refractivity contribution in [3.05, 3.63) is 66.7 Å². The quantitative estimate of drug-likeness (QED) is 0.253. The van der Waals surface area contributed by atoms with E-state index in [9.17, 15) is 18.1 Å². The number of azo groups is 2. The van der Waals surface area contributed by atoms with Crippen molar-refractivity contribution >= 4 is 32.9 Å². The fourth-order valence-electron chi connectivity index (χ4n) is 2.25. The Hall–Kier alpha value is -1.63. The molecule has 0 aromatic heterocycles. The summed E-state index contributed by atoms with van der Waals surface area (Å²) >= 11 is 0. The molecular weight excluding hydrogens is 442 g/mol. The number of hydrogen-bond acceptors (Lipinski definition) is 9. The Kier molecular flexibility index (Phi) is 11.0. The van der Waals surface area contributed by atoms with E-state index in [1.54, 1.807) is 30.3 Å². The van der Waals surface area contributed by atoms with Crippen LogP contribution in [0.5, 0.6) is 11.5 Å². The van der Waals surface area contributed by atoms with Crippen LogP contribution in [0.3, 0.4) is 0 Å². The summed E-state index contributed by atoms with van der Waals surface area (Å²) in [6.07, 6.45) is 0. The third-order valence-corrected chi connectivity index (χ3v) is 4.49. The van der Waals surface area contributed by atoms with E-state index in [-0.39, 0.29) is 75.4 Å². The maximum absolute atomic E-state index is 11.1. The van der Waals surface area contributed by atoms with Gasteiger partial charge in [0.1, 0.15) is 21.6 Å². The molecule has 12 heteroatoms. The molecule has 0 aliphatic carbocycles. The maximum Gasteiger partial charge on any atom is 1.00 e. The van der Waals surface area contributed by atoms with Gasteiger partial charge in [0.2, 0.25) is 0 Å². The van der Waals surface area contributed by atoms with Gasteiger partial charge in [-0.2, -0.15) is 15.3 Å². The van der Waals surface area contributed by atoms with Crippen LogP contribution in [0, 0.1) is 0 Å². The number of methoxy groups -OCH3 is 1. The van der Waals surface area contributed by atoms with E-state index in [0.717, 1.165) is 6.07 Å². The second-order valence-electron chi connectivity index (χ2n) is 5.70. The van der Waals surface area contributed by atoms with Gasteiger partial charge in [-0.25, -0.2) is 8.42 Å². The number of rotatable bonds is 6. The van der Waals surface area contributed by atoms with Gasteiger partial charge in [0, 0.05) is 6.07 Å². The first kappa shape index (κ1) is 27.4. The molecule has 3 aromatic carbocycles. The first-order chi connectivity index (χ1) is 13.8. The maximum atomic E-state index is 11.1. The van der Waals surface area contributed by atoms with Crippen molar-refractivity contribution in [3.8, 4) is 11.5 Å². The van der Waals surface area contributed by atoms with E-state index in [1.165, 1.54) is 37.4 Å². The van der Waals surface area contributed by atoms with E-state index in [4.69, 9.17) is 4.74 Å². The molecule has 9 nitrogen and oxygen atoms in total. The molecule has 0 spiro atoms. The van der Waals surface area contributed by atoms with Gasteiger partial charge in [0.05, 0.1) is 29.1 Å². The Morgan fingerprint density at radius 3 is 1.97 bits per heavy atom. The summed E-state index contributed by atoms with van der Waals surface area (Å²) in [6, 6.07) is 16.0. The van der Waals surface area contributed by atoms with Crippen molar-refractivity contribution in [2.45, 2.75) is 4.90 Å². The second kappa shape index (κ2) is 12.4. The molecule has 0 fully saturated rings. The third kappa shape index (κ3) is 8.09. The zero-order chi connectivity index (χ0) is 20.9. The summed E-state index contributed by atoms with van der Waals surface area (Å²) in [7, 11) is -3.11. The molecule has 0 aliphatic heterocycles. The van der Waals surface area contributed by atoms with Crippen LogP contribution < -0.4 is 69.0 Å². The number of hydrogen-bond donors (Lipinski definition) is 0. The fraction of sp³-hybridized carbons (Fsp3) is 0.0526. The first-order valence-electron chi connectivity index (χ1n) is 8.20. The average molecular weight is 456 g/mol. The smallest absolute Gasteiger partial charge is 0.872 e. The van der Waals surface area contributed by atoms with Gasteiger partial charge in [-0.05, 0) is 42.5 Å². The Morgan fingerprint density at radius 2 is 1.35 bits per heavy atom.